The average Bonchev–Trinajstić information content (AvgIpc) is 3.09. The molecule has 0 bridgehead atoms. The maximum Gasteiger partial charge on any atom is 0.472 e. The van der Waals surface area contributed by atoms with Gasteiger partial charge in [-0.05, 0) is 22.3 Å². The van der Waals surface area contributed by atoms with Crippen molar-refractivity contribution in [2.75, 3.05) is 13.7 Å². The number of phosphoric ester groups is 1. The largest absolute Gasteiger partial charge is 0.472 e. The minimum Gasteiger partial charge on any atom is -0.368 e. The Morgan fingerprint density at radius 2 is 0.978 bits per heavy atom. The van der Waals surface area contributed by atoms with Crippen LogP contribution in [0.3, 0.4) is 0 Å². The summed E-state index contributed by atoms with van der Waals surface area (Å²) in [6.07, 6.45) is -3.92. The summed E-state index contributed by atoms with van der Waals surface area (Å²) in [6, 6.07) is 38.3. The van der Waals surface area contributed by atoms with Gasteiger partial charge >= 0.3 is 7.82 Å². The maximum atomic E-state index is 12.9. The molecule has 1 aliphatic rings. The van der Waals surface area contributed by atoms with Crippen LogP contribution in [0.5, 0.6) is 0 Å². The van der Waals surface area contributed by atoms with Crippen LogP contribution >= 0.6 is 7.82 Å². The molecular formula is C35H39O9P. The highest BCUT2D eigenvalue weighted by Crippen LogP contribution is 2.45. The molecule has 238 valence electrons. The maximum absolute atomic E-state index is 12.9. The number of hydrogen-bond acceptors (Lipinski definition) is 8. The molecule has 1 heterocycles. The van der Waals surface area contributed by atoms with Crippen LogP contribution in [0.1, 0.15) is 22.3 Å². The molecule has 4 aromatic rings. The Bertz CT molecular complexity index is 1440. The number of ether oxygens (including phenoxy) is 5. The van der Waals surface area contributed by atoms with Gasteiger partial charge in [0, 0.05) is 7.11 Å². The predicted octanol–water partition coefficient (Wildman–Crippen LogP) is 6.45. The Labute approximate surface area is 264 Å². The second-order valence-corrected chi connectivity index (χ2v) is 12.0. The van der Waals surface area contributed by atoms with Crippen LogP contribution in [0.15, 0.2) is 121 Å². The second kappa shape index (κ2) is 16.9. The molecule has 10 heteroatoms. The molecule has 1 aliphatic heterocycles. The van der Waals surface area contributed by atoms with Gasteiger partial charge in [0.05, 0.1) is 33.0 Å². The van der Waals surface area contributed by atoms with Gasteiger partial charge in [0.2, 0.25) is 0 Å². The lowest BCUT2D eigenvalue weighted by Gasteiger charge is -2.45. The third-order valence-electron chi connectivity index (χ3n) is 7.32. The van der Waals surface area contributed by atoms with E-state index in [1.807, 2.05) is 109 Å². The quantitative estimate of drug-likeness (QED) is 0.139. The summed E-state index contributed by atoms with van der Waals surface area (Å²) in [4.78, 5) is 10.5. The molecule has 0 saturated carbocycles. The van der Waals surface area contributed by atoms with Gasteiger partial charge < -0.3 is 28.6 Å². The summed E-state index contributed by atoms with van der Waals surface area (Å²) < 4.78 is 55.1. The Morgan fingerprint density at radius 1 is 0.578 bits per heavy atom. The molecule has 1 unspecified atom stereocenters. The molecule has 0 radical (unpaired) electrons. The molecule has 4 aromatic carbocycles. The van der Waals surface area contributed by atoms with E-state index in [0.717, 1.165) is 22.3 Å². The van der Waals surface area contributed by atoms with Crippen LogP contribution in [0.2, 0.25) is 0 Å². The summed E-state index contributed by atoms with van der Waals surface area (Å²) in [7, 11) is -2.94. The zero-order valence-corrected chi connectivity index (χ0v) is 26.0. The number of methoxy groups -OCH3 is 1. The van der Waals surface area contributed by atoms with Gasteiger partial charge in [0.25, 0.3) is 0 Å². The van der Waals surface area contributed by atoms with Crippen LogP contribution in [-0.4, -0.2) is 49.3 Å². The molecular weight excluding hydrogens is 595 g/mol. The summed E-state index contributed by atoms with van der Waals surface area (Å²) in [5.41, 5.74) is 3.61. The Hall–Kier alpha value is -3.21. The first kappa shape index (κ1) is 33.2. The van der Waals surface area contributed by atoms with E-state index in [4.69, 9.17) is 32.7 Å². The lowest BCUT2D eigenvalue weighted by molar-refractivity contribution is -0.320. The highest BCUT2D eigenvalue weighted by atomic mass is 31.2. The van der Waals surface area contributed by atoms with Gasteiger partial charge in [0.15, 0.2) is 6.29 Å². The van der Waals surface area contributed by atoms with Crippen molar-refractivity contribution >= 4 is 7.82 Å². The number of phosphoric acid groups is 1. The van der Waals surface area contributed by atoms with E-state index in [1.165, 1.54) is 7.11 Å². The molecule has 9 nitrogen and oxygen atoms in total. The Kier molecular flexibility index (Phi) is 12.5. The molecule has 0 aromatic heterocycles. The van der Waals surface area contributed by atoms with Crippen LogP contribution in [-0.2, 0) is 63.7 Å². The molecule has 1 fully saturated rings. The van der Waals surface area contributed by atoms with E-state index in [9.17, 15) is 9.46 Å². The molecule has 1 saturated heterocycles. The molecule has 45 heavy (non-hydrogen) atoms. The fourth-order valence-corrected chi connectivity index (χ4v) is 5.73. The van der Waals surface area contributed by atoms with Gasteiger partial charge in [-0.15, -0.1) is 0 Å². The summed E-state index contributed by atoms with van der Waals surface area (Å²) in [5.74, 6) is 0. The van der Waals surface area contributed by atoms with E-state index in [1.54, 1.807) is 12.1 Å². The standard InChI is InChI=1S/C35H39O9P/c1-38-35-34(41-24-29-18-10-4-11-19-29)33(40-23-28-16-8-3-9-17-28)32(39-22-27-14-6-2-7-15-27)31(44-35)26-43-45(36,37)42-25-30-20-12-5-13-21-30/h2-21,31-35H,22-26H2,1H3,(H,36,37)/t31-,32-,33+,34-,35+/m1/s1. The van der Waals surface area contributed by atoms with Crippen molar-refractivity contribution in [2.24, 2.45) is 0 Å². The van der Waals surface area contributed by atoms with Gasteiger partial charge in [-0.2, -0.15) is 0 Å². The third-order valence-corrected chi connectivity index (χ3v) is 8.25. The monoisotopic (exact) mass is 634 g/mol. The smallest absolute Gasteiger partial charge is 0.368 e. The van der Waals surface area contributed by atoms with E-state index < -0.39 is 38.5 Å². The predicted molar refractivity (Wildman–Crippen MR) is 168 cm³/mol. The number of rotatable bonds is 16. The summed E-state index contributed by atoms with van der Waals surface area (Å²) in [6.45, 7) is 0.378. The van der Waals surface area contributed by atoms with Crippen molar-refractivity contribution in [2.45, 2.75) is 57.1 Å². The van der Waals surface area contributed by atoms with E-state index >= 15 is 0 Å². The van der Waals surface area contributed by atoms with Crippen molar-refractivity contribution in [1.82, 2.24) is 0 Å². The Morgan fingerprint density at radius 3 is 1.42 bits per heavy atom. The van der Waals surface area contributed by atoms with Crippen LogP contribution < -0.4 is 0 Å². The zero-order chi connectivity index (χ0) is 31.3. The molecule has 6 atom stereocenters. The van der Waals surface area contributed by atoms with Gasteiger partial charge in [0.1, 0.15) is 24.4 Å². The van der Waals surface area contributed by atoms with Crippen molar-refractivity contribution < 1.29 is 42.2 Å². The van der Waals surface area contributed by atoms with Crippen molar-refractivity contribution in [3.05, 3.63) is 144 Å². The lowest BCUT2D eigenvalue weighted by atomic mass is 9.98. The number of benzene rings is 4. The lowest BCUT2D eigenvalue weighted by Crippen LogP contribution is -2.61. The van der Waals surface area contributed by atoms with Crippen LogP contribution in [0, 0.1) is 0 Å². The van der Waals surface area contributed by atoms with Gasteiger partial charge in [-0.25, -0.2) is 4.57 Å². The fourth-order valence-electron chi connectivity index (χ4n) is 5.00. The molecule has 1 N–H and O–H groups in total. The summed E-state index contributed by atoms with van der Waals surface area (Å²) in [5, 5.41) is 0. The van der Waals surface area contributed by atoms with Crippen LogP contribution in [0.4, 0.5) is 0 Å². The van der Waals surface area contributed by atoms with Gasteiger partial charge in [-0.1, -0.05) is 121 Å². The summed E-state index contributed by atoms with van der Waals surface area (Å²) >= 11 is 0. The zero-order valence-electron chi connectivity index (χ0n) is 25.1. The molecule has 0 aliphatic carbocycles. The first-order valence-corrected chi connectivity index (χ1v) is 16.3. The van der Waals surface area contributed by atoms with Crippen LogP contribution in [0.25, 0.3) is 0 Å². The SMILES string of the molecule is CO[C@H]1O[C@H](COP(=O)(O)OCc2ccccc2)[C@@H](OCc2ccccc2)[C@H](OCc2ccccc2)[C@H]1OCc1ccccc1. The average molecular weight is 635 g/mol. The van der Waals surface area contributed by atoms with Gasteiger partial charge in [-0.3, -0.25) is 9.05 Å². The van der Waals surface area contributed by atoms with Crippen molar-refractivity contribution in [3.8, 4) is 0 Å². The first-order chi connectivity index (χ1) is 22.0. The minimum atomic E-state index is -4.46. The Balaban J connectivity index is 1.37. The van der Waals surface area contributed by atoms with E-state index in [0.29, 0.717) is 0 Å². The van der Waals surface area contributed by atoms with E-state index in [2.05, 4.69) is 0 Å². The normalized spacial score (nSPS) is 22.9. The highest BCUT2D eigenvalue weighted by molar-refractivity contribution is 7.47. The molecule has 0 spiro atoms. The molecule has 5 rings (SSSR count). The topological polar surface area (TPSA) is 102 Å². The first-order valence-electron chi connectivity index (χ1n) is 14.8. The number of hydrogen-bond donors (Lipinski definition) is 1. The fraction of sp³-hybridized carbons (Fsp3) is 0.314. The minimum absolute atomic E-state index is 0.0903. The molecule has 0 amide bonds. The highest BCUT2D eigenvalue weighted by Gasteiger charge is 2.49. The van der Waals surface area contributed by atoms with Crippen molar-refractivity contribution in [1.29, 1.82) is 0 Å². The third kappa shape index (κ3) is 10.1. The van der Waals surface area contributed by atoms with E-state index in [-0.39, 0.29) is 33.0 Å². The second-order valence-electron chi connectivity index (χ2n) is 10.6. The van der Waals surface area contributed by atoms with Crippen molar-refractivity contribution in [3.63, 3.8) is 0 Å².